The van der Waals surface area contributed by atoms with Crippen LogP contribution in [0.2, 0.25) is 0 Å². The second-order valence-electron chi connectivity index (χ2n) is 10.4. The Hall–Kier alpha value is -3.56. The Morgan fingerprint density at radius 1 is 0.415 bits per heavy atom. The number of hydrogen-bond donors (Lipinski definition) is 0. The molecular formula is C39H36P2. The summed E-state index contributed by atoms with van der Waals surface area (Å²) in [7, 11) is -0.940. The van der Waals surface area contributed by atoms with Crippen LogP contribution < -0.4 is 21.2 Å². The van der Waals surface area contributed by atoms with Crippen LogP contribution in [0.1, 0.15) is 30.5 Å². The molecule has 0 nitrogen and oxygen atoms in total. The molecule has 0 fully saturated rings. The van der Waals surface area contributed by atoms with E-state index in [-0.39, 0.29) is 7.92 Å². The summed E-state index contributed by atoms with van der Waals surface area (Å²) in [5, 5.41) is 8.62. The van der Waals surface area contributed by atoms with E-state index in [0.29, 0.717) is 5.66 Å². The molecule has 0 saturated heterocycles. The number of hydrogen-bond acceptors (Lipinski definition) is 0. The van der Waals surface area contributed by atoms with E-state index in [1.165, 1.54) is 63.0 Å². The van der Waals surface area contributed by atoms with Crippen LogP contribution in [0, 0.1) is 0 Å². The van der Waals surface area contributed by atoms with Gasteiger partial charge in [-0.2, -0.15) is 0 Å². The third-order valence-corrected chi connectivity index (χ3v) is 13.3. The van der Waals surface area contributed by atoms with E-state index < -0.39 is 7.92 Å². The van der Waals surface area contributed by atoms with Gasteiger partial charge < -0.3 is 0 Å². The monoisotopic (exact) mass is 566 g/mol. The van der Waals surface area contributed by atoms with Gasteiger partial charge in [-0.1, -0.05) is 170 Å². The molecule has 0 saturated carbocycles. The summed E-state index contributed by atoms with van der Waals surface area (Å²) >= 11 is 0. The number of benzene rings is 6. The maximum Gasteiger partial charge on any atom is 0.0128 e. The third kappa shape index (κ3) is 6.68. The van der Waals surface area contributed by atoms with Crippen molar-refractivity contribution in [3.05, 3.63) is 169 Å². The first-order chi connectivity index (χ1) is 20.4. The molecule has 0 heterocycles. The first-order valence-electron chi connectivity index (χ1n) is 14.6. The molecule has 0 aliphatic rings. The van der Waals surface area contributed by atoms with Crippen LogP contribution in [0.15, 0.2) is 164 Å². The van der Waals surface area contributed by atoms with Gasteiger partial charge in [-0.15, -0.1) is 0 Å². The van der Waals surface area contributed by atoms with Gasteiger partial charge in [0.15, 0.2) is 0 Å². The molecule has 202 valence electrons. The van der Waals surface area contributed by atoms with Crippen LogP contribution in [0.25, 0.3) is 10.8 Å². The molecule has 0 amide bonds. The number of fused-ring (bicyclic) bond motifs is 1. The average molecular weight is 567 g/mol. The second-order valence-corrected chi connectivity index (χ2v) is 15.2. The maximum atomic E-state index is 2.40. The molecule has 2 heteroatoms. The van der Waals surface area contributed by atoms with Gasteiger partial charge in [-0.25, -0.2) is 0 Å². The summed E-state index contributed by atoms with van der Waals surface area (Å²) in [6.45, 7) is 0. The lowest BCUT2D eigenvalue weighted by atomic mass is 9.99. The zero-order chi connectivity index (χ0) is 27.7. The molecular weight excluding hydrogens is 530 g/mol. The molecule has 0 N–H and O–H groups in total. The molecule has 0 radical (unpaired) electrons. The lowest BCUT2D eigenvalue weighted by Gasteiger charge is -2.30. The molecule has 6 aromatic carbocycles. The topological polar surface area (TPSA) is 0 Å². The number of unbranched alkanes of at least 4 members (excludes halogenated alkanes) is 1. The van der Waals surface area contributed by atoms with E-state index in [0.717, 1.165) is 0 Å². The van der Waals surface area contributed by atoms with Crippen molar-refractivity contribution in [3.63, 3.8) is 0 Å². The summed E-state index contributed by atoms with van der Waals surface area (Å²) < 4.78 is 0. The van der Waals surface area contributed by atoms with Crippen molar-refractivity contribution in [2.24, 2.45) is 0 Å². The van der Waals surface area contributed by atoms with Crippen molar-refractivity contribution >= 4 is 47.8 Å². The highest BCUT2D eigenvalue weighted by Gasteiger charge is 2.27. The van der Waals surface area contributed by atoms with Crippen LogP contribution >= 0.6 is 15.8 Å². The van der Waals surface area contributed by atoms with Crippen LogP contribution in [0.4, 0.5) is 0 Å². The van der Waals surface area contributed by atoms with Crippen LogP contribution in [0.5, 0.6) is 0 Å². The average Bonchev–Trinajstić information content (AvgIpc) is 3.06. The van der Waals surface area contributed by atoms with Crippen molar-refractivity contribution in [1.82, 2.24) is 0 Å². The highest BCUT2D eigenvalue weighted by Crippen LogP contribution is 2.53. The normalized spacial score (nSPS) is 12.1. The van der Waals surface area contributed by atoms with Crippen molar-refractivity contribution in [3.8, 4) is 0 Å². The minimum atomic E-state index is -0.578. The SMILES string of the molecule is c1ccc(P(CCCCC(c2cccc3ccccc23)P(c2ccccc2)c2ccccc2)c2ccccc2)cc1. The van der Waals surface area contributed by atoms with E-state index in [2.05, 4.69) is 164 Å². The van der Waals surface area contributed by atoms with Crippen LogP contribution in [-0.4, -0.2) is 6.16 Å². The van der Waals surface area contributed by atoms with E-state index in [4.69, 9.17) is 0 Å². The molecule has 1 atom stereocenters. The van der Waals surface area contributed by atoms with Gasteiger partial charge in [0.05, 0.1) is 0 Å². The van der Waals surface area contributed by atoms with Crippen LogP contribution in [-0.2, 0) is 0 Å². The third-order valence-electron chi connectivity index (χ3n) is 7.81. The Labute approximate surface area is 247 Å². The van der Waals surface area contributed by atoms with Gasteiger partial charge in [0.1, 0.15) is 0 Å². The largest absolute Gasteiger partial charge is 0.0622 e. The standard InChI is InChI=1S/C39H36P2/c1-5-20-33(21-6-1)40(34-22-7-2-8-23-34)31-16-15-30-39(38-29-17-19-32-18-13-14-28-37(32)38)41(35-24-9-3-10-25-35)36-26-11-4-12-27-36/h1-14,17-29,39H,15-16,30-31H2. The van der Waals surface area contributed by atoms with E-state index in [1.54, 1.807) is 0 Å². The fourth-order valence-corrected chi connectivity index (χ4v) is 11.2. The Balaban J connectivity index is 1.33. The predicted molar refractivity (Wildman–Crippen MR) is 184 cm³/mol. The summed E-state index contributed by atoms with van der Waals surface area (Å²) in [6, 6.07) is 60.7. The molecule has 6 rings (SSSR count). The van der Waals surface area contributed by atoms with Gasteiger partial charge >= 0.3 is 0 Å². The lowest BCUT2D eigenvalue weighted by Crippen LogP contribution is -2.18. The van der Waals surface area contributed by atoms with Gasteiger partial charge in [0.25, 0.3) is 0 Å². The molecule has 0 aromatic heterocycles. The first kappa shape index (κ1) is 27.6. The second kappa shape index (κ2) is 13.9. The first-order valence-corrected chi connectivity index (χ1v) is 17.6. The fourth-order valence-electron chi connectivity index (χ4n) is 5.88. The lowest BCUT2D eigenvalue weighted by molar-refractivity contribution is 0.709. The van der Waals surface area contributed by atoms with Gasteiger partial charge in [-0.05, 0) is 72.4 Å². The van der Waals surface area contributed by atoms with Crippen LogP contribution in [0.3, 0.4) is 0 Å². The van der Waals surface area contributed by atoms with Crippen molar-refractivity contribution in [2.75, 3.05) is 6.16 Å². The van der Waals surface area contributed by atoms with Crippen molar-refractivity contribution < 1.29 is 0 Å². The highest BCUT2D eigenvalue weighted by atomic mass is 31.1. The smallest absolute Gasteiger partial charge is 0.0128 e. The van der Waals surface area contributed by atoms with Gasteiger partial charge in [0.2, 0.25) is 0 Å². The molecule has 1 unspecified atom stereocenters. The molecule has 6 aromatic rings. The predicted octanol–water partition coefficient (Wildman–Crippen LogP) is 9.32. The summed E-state index contributed by atoms with van der Waals surface area (Å²) in [4.78, 5) is 0. The Bertz CT molecular complexity index is 1550. The van der Waals surface area contributed by atoms with Crippen molar-refractivity contribution in [1.29, 1.82) is 0 Å². The summed E-state index contributed by atoms with van der Waals surface area (Å²) in [5.74, 6) is 0. The molecule has 0 spiro atoms. The zero-order valence-corrected chi connectivity index (χ0v) is 25.2. The van der Waals surface area contributed by atoms with Crippen molar-refractivity contribution in [2.45, 2.75) is 24.9 Å². The maximum absolute atomic E-state index is 2.40. The van der Waals surface area contributed by atoms with Gasteiger partial charge in [0, 0.05) is 5.66 Å². The van der Waals surface area contributed by atoms with E-state index in [9.17, 15) is 0 Å². The van der Waals surface area contributed by atoms with Gasteiger partial charge in [-0.3, -0.25) is 0 Å². The molecule has 0 aliphatic carbocycles. The van der Waals surface area contributed by atoms with E-state index in [1.807, 2.05) is 0 Å². The Morgan fingerprint density at radius 2 is 0.878 bits per heavy atom. The number of rotatable bonds is 11. The Morgan fingerprint density at radius 3 is 1.44 bits per heavy atom. The molecule has 41 heavy (non-hydrogen) atoms. The quantitative estimate of drug-likeness (QED) is 0.108. The minimum absolute atomic E-state index is 0.362. The minimum Gasteiger partial charge on any atom is -0.0622 e. The Kier molecular flexibility index (Phi) is 9.34. The highest BCUT2D eigenvalue weighted by molar-refractivity contribution is 7.73. The fraction of sp³-hybridized carbons (Fsp3) is 0.128. The van der Waals surface area contributed by atoms with E-state index >= 15 is 0 Å². The molecule has 0 bridgehead atoms. The summed E-state index contributed by atoms with van der Waals surface area (Å²) in [6.07, 6.45) is 4.84. The zero-order valence-electron chi connectivity index (χ0n) is 23.4. The molecule has 0 aliphatic heterocycles. The summed E-state index contributed by atoms with van der Waals surface area (Å²) in [5.41, 5.74) is 1.94.